The van der Waals surface area contributed by atoms with E-state index in [1.165, 1.54) is 21.8 Å². The van der Waals surface area contributed by atoms with Gasteiger partial charge in [0.1, 0.15) is 11.3 Å². The molecular weight excluding hydrogens is 378 g/mol. The van der Waals surface area contributed by atoms with Crippen LogP contribution >= 0.6 is 0 Å². The van der Waals surface area contributed by atoms with Gasteiger partial charge < -0.3 is 15.8 Å². The van der Waals surface area contributed by atoms with Crippen molar-refractivity contribution in [3.05, 3.63) is 83.2 Å². The number of aryl methyl sites for hydroxylation is 2. The lowest BCUT2D eigenvalue weighted by Crippen LogP contribution is -2.25. The van der Waals surface area contributed by atoms with Crippen LogP contribution in [0.1, 0.15) is 27.2 Å². The first-order valence-electron chi connectivity index (χ1n) is 9.73. The first kappa shape index (κ1) is 19.4. The van der Waals surface area contributed by atoms with Crippen LogP contribution < -0.4 is 15.8 Å². The van der Waals surface area contributed by atoms with Gasteiger partial charge in [0, 0.05) is 6.54 Å². The Balaban J connectivity index is 1.52. The van der Waals surface area contributed by atoms with Crippen molar-refractivity contribution in [3.63, 3.8) is 0 Å². The third kappa shape index (κ3) is 3.96. The average Bonchev–Trinajstić information content (AvgIpc) is 3.17. The quantitative estimate of drug-likeness (QED) is 0.514. The number of hydrogen-bond acceptors (Lipinski definition) is 5. The Morgan fingerprint density at radius 1 is 1.10 bits per heavy atom. The maximum absolute atomic E-state index is 12.7. The molecule has 0 aliphatic rings. The summed E-state index contributed by atoms with van der Waals surface area (Å²) in [4.78, 5) is 17.2. The molecular formula is C23H23N5O2. The lowest BCUT2D eigenvalue weighted by Gasteiger charge is -2.12. The average molecular weight is 401 g/mol. The molecule has 152 valence electrons. The van der Waals surface area contributed by atoms with Crippen LogP contribution in [0.4, 0.5) is 5.82 Å². The van der Waals surface area contributed by atoms with Crippen molar-refractivity contribution in [2.45, 2.75) is 20.3 Å². The molecule has 0 saturated heterocycles. The second-order valence-electron chi connectivity index (χ2n) is 7.11. The molecule has 4 rings (SSSR count). The van der Waals surface area contributed by atoms with Crippen LogP contribution in [0.15, 0.2) is 60.8 Å². The Bertz CT molecular complexity index is 1180. The highest BCUT2D eigenvalue weighted by Gasteiger charge is 2.19. The fourth-order valence-electron chi connectivity index (χ4n) is 3.18. The molecule has 0 spiro atoms. The minimum atomic E-state index is -0.236. The number of carbonyl (C=O) groups is 1. The SMILES string of the molecule is Cc1ccc(CCNC(=O)c2cnn3c(N)c(Oc4ccccc4)c(C)nc23)cc1. The van der Waals surface area contributed by atoms with Crippen molar-refractivity contribution in [3.8, 4) is 11.5 Å². The number of rotatable bonds is 6. The number of nitrogens with two attached hydrogens (primary N) is 1. The standard InChI is InChI=1S/C23H23N5O2/c1-15-8-10-17(11-9-15)12-13-25-23(29)19-14-26-28-21(24)20(16(2)27-22(19)28)30-18-6-4-3-5-7-18/h3-11,14H,12-13,24H2,1-2H3,(H,25,29). The second-order valence-corrected chi connectivity index (χ2v) is 7.11. The number of carbonyl (C=O) groups excluding carboxylic acids is 1. The van der Waals surface area contributed by atoms with Gasteiger partial charge in [-0.2, -0.15) is 9.61 Å². The van der Waals surface area contributed by atoms with Gasteiger partial charge in [0.25, 0.3) is 5.91 Å². The number of aromatic nitrogens is 3. The summed E-state index contributed by atoms with van der Waals surface area (Å²) in [7, 11) is 0. The van der Waals surface area contributed by atoms with Gasteiger partial charge in [0.2, 0.25) is 0 Å². The lowest BCUT2D eigenvalue weighted by atomic mass is 10.1. The van der Waals surface area contributed by atoms with Crippen LogP contribution in [0.2, 0.25) is 0 Å². The molecule has 0 saturated carbocycles. The van der Waals surface area contributed by atoms with Gasteiger partial charge in [-0.3, -0.25) is 4.79 Å². The van der Waals surface area contributed by atoms with Gasteiger partial charge >= 0.3 is 0 Å². The van der Waals surface area contributed by atoms with Gasteiger partial charge in [0.05, 0.1) is 11.9 Å². The van der Waals surface area contributed by atoms with Crippen molar-refractivity contribution in [2.75, 3.05) is 12.3 Å². The Morgan fingerprint density at radius 2 is 1.83 bits per heavy atom. The van der Waals surface area contributed by atoms with E-state index in [9.17, 15) is 4.79 Å². The van der Waals surface area contributed by atoms with E-state index in [1.807, 2.05) is 37.3 Å². The molecule has 3 N–H and O–H groups in total. The van der Waals surface area contributed by atoms with E-state index in [4.69, 9.17) is 10.5 Å². The third-order valence-corrected chi connectivity index (χ3v) is 4.83. The maximum Gasteiger partial charge on any atom is 0.256 e. The van der Waals surface area contributed by atoms with Gasteiger partial charge in [-0.25, -0.2) is 4.98 Å². The molecule has 0 aliphatic carbocycles. The topological polar surface area (TPSA) is 94.5 Å². The zero-order valence-electron chi connectivity index (χ0n) is 16.9. The molecule has 0 aliphatic heterocycles. The Hall–Kier alpha value is -3.87. The molecule has 30 heavy (non-hydrogen) atoms. The number of hydrogen-bond donors (Lipinski definition) is 2. The van der Waals surface area contributed by atoms with E-state index >= 15 is 0 Å². The van der Waals surface area contributed by atoms with E-state index in [1.54, 1.807) is 6.92 Å². The summed E-state index contributed by atoms with van der Waals surface area (Å²) in [6.45, 7) is 4.36. The molecule has 0 unspecified atom stereocenters. The first-order valence-corrected chi connectivity index (χ1v) is 9.73. The van der Waals surface area contributed by atoms with Crippen LogP contribution in [0.3, 0.4) is 0 Å². The number of para-hydroxylation sites is 1. The fourth-order valence-corrected chi connectivity index (χ4v) is 3.18. The Labute approximate surface area is 174 Å². The number of ether oxygens (including phenoxy) is 1. The van der Waals surface area contributed by atoms with Crippen LogP contribution in [0.5, 0.6) is 11.5 Å². The Kier molecular flexibility index (Phi) is 5.34. The number of nitrogen functional groups attached to an aromatic ring is 1. The second kappa shape index (κ2) is 8.24. The normalized spacial score (nSPS) is 10.9. The summed E-state index contributed by atoms with van der Waals surface area (Å²) < 4.78 is 7.32. The van der Waals surface area contributed by atoms with Crippen LogP contribution in [-0.4, -0.2) is 27.0 Å². The summed E-state index contributed by atoms with van der Waals surface area (Å²) in [6.07, 6.45) is 2.22. The summed E-state index contributed by atoms with van der Waals surface area (Å²) in [5, 5.41) is 7.18. The summed E-state index contributed by atoms with van der Waals surface area (Å²) in [5.41, 5.74) is 10.0. The van der Waals surface area contributed by atoms with Gasteiger partial charge in [-0.1, -0.05) is 48.0 Å². The van der Waals surface area contributed by atoms with Crippen LogP contribution in [-0.2, 0) is 6.42 Å². The zero-order chi connectivity index (χ0) is 21.1. The predicted molar refractivity (Wildman–Crippen MR) is 116 cm³/mol. The highest BCUT2D eigenvalue weighted by atomic mass is 16.5. The fraction of sp³-hybridized carbons (Fsp3) is 0.174. The molecule has 2 heterocycles. The number of nitrogens with one attached hydrogen (secondary N) is 1. The van der Waals surface area contributed by atoms with Crippen molar-refractivity contribution in [1.82, 2.24) is 19.9 Å². The number of amides is 1. The molecule has 1 amide bonds. The van der Waals surface area contributed by atoms with Crippen molar-refractivity contribution < 1.29 is 9.53 Å². The highest BCUT2D eigenvalue weighted by Crippen LogP contribution is 2.31. The van der Waals surface area contributed by atoms with E-state index in [2.05, 4.69) is 39.7 Å². The smallest absolute Gasteiger partial charge is 0.256 e. The monoisotopic (exact) mass is 401 g/mol. The summed E-state index contributed by atoms with van der Waals surface area (Å²) in [6, 6.07) is 17.6. The largest absolute Gasteiger partial charge is 0.452 e. The van der Waals surface area contributed by atoms with E-state index in [0.717, 1.165) is 6.42 Å². The minimum Gasteiger partial charge on any atom is -0.452 e. The predicted octanol–water partition coefficient (Wildman–Crippen LogP) is 3.69. The number of benzene rings is 2. The summed E-state index contributed by atoms with van der Waals surface area (Å²) in [5.74, 6) is 1.12. The van der Waals surface area contributed by atoms with Gasteiger partial charge in [-0.15, -0.1) is 0 Å². The van der Waals surface area contributed by atoms with Crippen LogP contribution in [0, 0.1) is 13.8 Å². The number of fused-ring (bicyclic) bond motifs is 1. The molecule has 0 radical (unpaired) electrons. The third-order valence-electron chi connectivity index (χ3n) is 4.83. The Morgan fingerprint density at radius 3 is 2.57 bits per heavy atom. The molecule has 4 aromatic rings. The van der Waals surface area contributed by atoms with Crippen molar-refractivity contribution in [1.29, 1.82) is 0 Å². The zero-order valence-corrected chi connectivity index (χ0v) is 16.9. The van der Waals surface area contributed by atoms with E-state index < -0.39 is 0 Å². The molecule has 0 atom stereocenters. The van der Waals surface area contributed by atoms with Crippen molar-refractivity contribution in [2.24, 2.45) is 0 Å². The number of nitrogens with zero attached hydrogens (tertiary/aromatic N) is 3. The van der Waals surface area contributed by atoms with Gasteiger partial charge in [0.15, 0.2) is 17.2 Å². The summed E-state index contributed by atoms with van der Waals surface area (Å²) >= 11 is 0. The molecule has 7 nitrogen and oxygen atoms in total. The van der Waals surface area contributed by atoms with E-state index in [-0.39, 0.29) is 5.91 Å². The first-order chi connectivity index (χ1) is 14.5. The molecule has 0 fully saturated rings. The molecule has 2 aromatic heterocycles. The molecule has 0 bridgehead atoms. The maximum atomic E-state index is 12.7. The van der Waals surface area contributed by atoms with Crippen molar-refractivity contribution >= 4 is 17.4 Å². The molecule has 7 heteroatoms. The highest BCUT2D eigenvalue weighted by molar-refractivity contribution is 6.00. The lowest BCUT2D eigenvalue weighted by molar-refractivity contribution is 0.0955. The number of anilines is 1. The molecule has 2 aromatic carbocycles. The van der Waals surface area contributed by atoms with E-state index in [0.29, 0.717) is 40.8 Å². The van der Waals surface area contributed by atoms with Crippen LogP contribution in [0.25, 0.3) is 5.65 Å². The van der Waals surface area contributed by atoms with Gasteiger partial charge in [-0.05, 0) is 38.0 Å². The minimum absolute atomic E-state index is 0.236.